The number of hydrogen-bond donors (Lipinski definition) is 0. The maximum atomic E-state index is 6.19. The summed E-state index contributed by atoms with van der Waals surface area (Å²) in [7, 11) is -0.440. The quantitative estimate of drug-likeness (QED) is 0.781. The molecule has 0 bridgehead atoms. The summed E-state index contributed by atoms with van der Waals surface area (Å²) >= 11 is 0. The van der Waals surface area contributed by atoms with E-state index in [0.29, 0.717) is 0 Å². The lowest BCUT2D eigenvalue weighted by atomic mass is 9.78. The van der Waals surface area contributed by atoms with Crippen LogP contribution in [0.2, 0.25) is 0 Å². The van der Waals surface area contributed by atoms with Crippen molar-refractivity contribution in [2.75, 3.05) is 0 Å². The highest BCUT2D eigenvalue weighted by molar-refractivity contribution is 6.63. The molecule has 0 spiro atoms. The molecule has 1 saturated heterocycles. The summed E-state index contributed by atoms with van der Waals surface area (Å²) in [5.41, 5.74) is 0.168. The zero-order valence-electron chi connectivity index (χ0n) is 15.0. The van der Waals surface area contributed by atoms with Gasteiger partial charge in [0, 0.05) is 5.46 Å². The number of ether oxygens (including phenoxy) is 2. The zero-order valence-corrected chi connectivity index (χ0v) is 15.0. The van der Waals surface area contributed by atoms with Gasteiger partial charge >= 0.3 is 7.12 Å². The molecule has 126 valence electrons. The molecule has 5 heteroatoms. The van der Waals surface area contributed by atoms with Gasteiger partial charge in [0.1, 0.15) is 0 Å². The average Bonchev–Trinajstić information content (AvgIpc) is 3.18. The Bertz CT molecular complexity index is 562. The van der Waals surface area contributed by atoms with Crippen molar-refractivity contribution in [3.8, 4) is 11.5 Å². The summed E-state index contributed by atoms with van der Waals surface area (Å²) in [6.45, 7) is 12.3. The van der Waals surface area contributed by atoms with Gasteiger partial charge in [0.25, 0.3) is 0 Å². The minimum atomic E-state index is -0.440. The predicted octanol–water partition coefficient (Wildman–Crippen LogP) is 3.31. The van der Waals surface area contributed by atoms with Crippen molar-refractivity contribution in [1.82, 2.24) is 0 Å². The fraction of sp³-hybridized carbons (Fsp3) is 0.667. The lowest BCUT2D eigenvalue weighted by molar-refractivity contribution is 0.00578. The normalized spacial score (nSPS) is 22.5. The third kappa shape index (κ3) is 3.36. The van der Waals surface area contributed by atoms with E-state index >= 15 is 0 Å². The van der Waals surface area contributed by atoms with Crippen LogP contribution in [0.15, 0.2) is 18.2 Å². The number of rotatable bonds is 5. The van der Waals surface area contributed by atoms with Crippen LogP contribution in [0.5, 0.6) is 11.5 Å². The molecule has 4 nitrogen and oxygen atoms in total. The van der Waals surface area contributed by atoms with Crippen molar-refractivity contribution < 1.29 is 18.8 Å². The average molecular weight is 318 g/mol. The largest absolute Gasteiger partial charge is 0.498 e. The lowest BCUT2D eigenvalue weighted by Gasteiger charge is -2.32. The molecule has 1 aliphatic carbocycles. The van der Waals surface area contributed by atoms with Gasteiger partial charge in [0.15, 0.2) is 11.5 Å². The van der Waals surface area contributed by atoms with Gasteiger partial charge in [-0.3, -0.25) is 0 Å². The summed E-state index contributed by atoms with van der Waals surface area (Å²) in [6.07, 6.45) is 2.57. The second-order valence-corrected chi connectivity index (χ2v) is 7.75. The molecule has 23 heavy (non-hydrogen) atoms. The van der Waals surface area contributed by atoms with Crippen LogP contribution in [0.25, 0.3) is 0 Å². The first-order chi connectivity index (χ1) is 10.7. The van der Waals surface area contributed by atoms with Crippen molar-refractivity contribution in [2.24, 2.45) is 0 Å². The Labute approximate surface area is 139 Å². The van der Waals surface area contributed by atoms with E-state index in [-0.39, 0.29) is 23.4 Å². The van der Waals surface area contributed by atoms with Crippen LogP contribution in [-0.2, 0) is 9.31 Å². The molecule has 0 amide bonds. The smallest absolute Gasteiger partial charge is 0.487 e. The molecule has 3 rings (SSSR count). The molecule has 0 atom stereocenters. The molecule has 1 saturated carbocycles. The number of benzene rings is 1. The SMILES string of the molecule is CC(C)Oc1cccc(B2OC(C)(C)C(C)(C)O2)c1OC1CC1. The molecule has 1 aromatic carbocycles. The molecule has 0 aromatic heterocycles. The molecule has 0 radical (unpaired) electrons. The van der Waals surface area contributed by atoms with E-state index < -0.39 is 7.12 Å². The Kier molecular flexibility index (Phi) is 4.13. The highest BCUT2D eigenvalue weighted by Gasteiger charge is 2.53. The van der Waals surface area contributed by atoms with Crippen LogP contribution in [0.3, 0.4) is 0 Å². The molecule has 0 N–H and O–H groups in total. The topological polar surface area (TPSA) is 36.9 Å². The van der Waals surface area contributed by atoms with Gasteiger partial charge in [0.2, 0.25) is 0 Å². The summed E-state index contributed by atoms with van der Waals surface area (Å²) in [6, 6.07) is 5.93. The maximum Gasteiger partial charge on any atom is 0.498 e. The van der Waals surface area contributed by atoms with Crippen molar-refractivity contribution in [1.29, 1.82) is 0 Å². The first-order valence-corrected chi connectivity index (χ1v) is 8.51. The number of para-hydroxylation sites is 1. The highest BCUT2D eigenvalue weighted by Crippen LogP contribution is 2.39. The minimum absolute atomic E-state index is 0.0881. The van der Waals surface area contributed by atoms with E-state index in [9.17, 15) is 0 Å². The van der Waals surface area contributed by atoms with Crippen LogP contribution in [0, 0.1) is 0 Å². The molecule has 2 aliphatic rings. The number of hydrogen-bond acceptors (Lipinski definition) is 4. The van der Waals surface area contributed by atoms with Gasteiger partial charge < -0.3 is 18.8 Å². The highest BCUT2D eigenvalue weighted by atomic mass is 16.7. The summed E-state index contributed by atoms with van der Waals surface area (Å²) < 4.78 is 24.5. The van der Waals surface area contributed by atoms with E-state index in [1.54, 1.807) is 0 Å². The standard InChI is InChI=1S/C18H27BO4/c1-12(2)20-15-9-7-8-14(16(15)21-13-10-11-13)19-22-17(3,4)18(5,6)23-19/h7-9,12-13H,10-11H2,1-6H3. The van der Waals surface area contributed by atoms with E-state index in [0.717, 1.165) is 29.8 Å². The van der Waals surface area contributed by atoms with Gasteiger partial charge in [-0.2, -0.15) is 0 Å². The summed E-state index contributed by atoms with van der Waals surface area (Å²) in [5.74, 6) is 1.53. The Morgan fingerprint density at radius 1 is 1.09 bits per heavy atom. The van der Waals surface area contributed by atoms with Crippen LogP contribution in [-0.4, -0.2) is 30.5 Å². The fourth-order valence-electron chi connectivity index (χ4n) is 2.51. The molecular weight excluding hydrogens is 291 g/mol. The predicted molar refractivity (Wildman–Crippen MR) is 91.6 cm³/mol. The van der Waals surface area contributed by atoms with Crippen molar-refractivity contribution in [3.05, 3.63) is 18.2 Å². The molecule has 1 heterocycles. The lowest BCUT2D eigenvalue weighted by Crippen LogP contribution is -2.41. The minimum Gasteiger partial charge on any atom is -0.487 e. The van der Waals surface area contributed by atoms with Crippen molar-refractivity contribution >= 4 is 12.6 Å². The summed E-state index contributed by atoms with van der Waals surface area (Å²) in [5, 5.41) is 0. The Balaban J connectivity index is 1.95. The Morgan fingerprint density at radius 3 is 2.22 bits per heavy atom. The van der Waals surface area contributed by atoms with Crippen molar-refractivity contribution in [3.63, 3.8) is 0 Å². The van der Waals surface area contributed by atoms with Crippen molar-refractivity contribution in [2.45, 2.75) is 77.8 Å². The Hall–Kier alpha value is -1.20. The van der Waals surface area contributed by atoms with E-state index in [2.05, 4.69) is 27.7 Å². The van der Waals surface area contributed by atoms with Gasteiger partial charge in [-0.1, -0.05) is 12.1 Å². The molecule has 1 aliphatic heterocycles. The molecule has 1 aromatic rings. The molecule has 2 fully saturated rings. The Morgan fingerprint density at radius 2 is 1.70 bits per heavy atom. The summed E-state index contributed by atoms with van der Waals surface area (Å²) in [4.78, 5) is 0. The molecular formula is C18H27BO4. The third-order valence-electron chi connectivity index (χ3n) is 4.69. The van der Waals surface area contributed by atoms with Crippen LogP contribution >= 0.6 is 0 Å². The van der Waals surface area contributed by atoms with Gasteiger partial charge in [0.05, 0.1) is 23.4 Å². The first-order valence-electron chi connectivity index (χ1n) is 8.51. The van der Waals surface area contributed by atoms with Crippen LogP contribution < -0.4 is 14.9 Å². The maximum absolute atomic E-state index is 6.19. The van der Waals surface area contributed by atoms with E-state index in [4.69, 9.17) is 18.8 Å². The second kappa shape index (κ2) is 5.71. The van der Waals surface area contributed by atoms with E-state index in [1.165, 1.54) is 0 Å². The fourth-order valence-corrected chi connectivity index (χ4v) is 2.51. The van der Waals surface area contributed by atoms with Gasteiger partial charge in [-0.15, -0.1) is 0 Å². The third-order valence-corrected chi connectivity index (χ3v) is 4.69. The van der Waals surface area contributed by atoms with Crippen LogP contribution in [0.1, 0.15) is 54.4 Å². The monoisotopic (exact) mass is 318 g/mol. The van der Waals surface area contributed by atoms with E-state index in [1.807, 2.05) is 32.0 Å². The van der Waals surface area contributed by atoms with Gasteiger partial charge in [-0.05, 0) is 60.5 Å². The first kappa shape index (κ1) is 16.7. The molecule has 0 unspecified atom stereocenters. The van der Waals surface area contributed by atoms with Gasteiger partial charge in [-0.25, -0.2) is 0 Å². The van der Waals surface area contributed by atoms with Crippen LogP contribution in [0.4, 0.5) is 0 Å². The zero-order chi connectivity index (χ0) is 16.8. The second-order valence-electron chi connectivity index (χ2n) is 7.75.